The van der Waals surface area contributed by atoms with E-state index in [1.165, 1.54) is 0 Å². The van der Waals surface area contributed by atoms with Gasteiger partial charge in [0, 0.05) is 4.91 Å². The third-order valence-electron chi connectivity index (χ3n) is 0.804. The number of nitrogens with zero attached hydrogens (tertiary/aromatic N) is 3. The molecule has 0 spiro atoms. The van der Waals surface area contributed by atoms with Crippen LogP contribution in [0.25, 0.3) is 10.4 Å². The Balaban J connectivity index is 3.16. The molecule has 0 aliphatic rings. The first-order valence-corrected chi connectivity index (χ1v) is 4.16. The molecule has 0 saturated carbocycles. The highest BCUT2D eigenvalue weighted by molar-refractivity contribution is 7.91. The monoisotopic (exact) mass is 147 g/mol. The molecule has 0 aliphatic heterocycles. The lowest BCUT2D eigenvalue weighted by Crippen LogP contribution is -2.10. The highest BCUT2D eigenvalue weighted by Crippen LogP contribution is 1.88. The lowest BCUT2D eigenvalue weighted by molar-refractivity contribution is 0.596. The van der Waals surface area contributed by atoms with Gasteiger partial charge in [0.1, 0.15) is 11.5 Å². The standard InChI is InChI=1S/C4H9N3OS/c1-2-9(8)4-3-6-7-5/h2-4H2,1H3. The van der Waals surface area contributed by atoms with Crippen molar-refractivity contribution in [3.8, 4) is 0 Å². The summed E-state index contributed by atoms with van der Waals surface area (Å²) in [5.74, 6) is 1.13. The van der Waals surface area contributed by atoms with E-state index in [4.69, 9.17) is 5.53 Å². The van der Waals surface area contributed by atoms with Gasteiger partial charge in [-0.25, -0.2) is 0 Å². The number of azide groups is 1. The molecule has 0 aliphatic carbocycles. The number of hydrogen-bond donors (Lipinski definition) is 0. The first-order valence-electron chi connectivity index (χ1n) is 2.67. The largest absolute Gasteiger partial charge is 0.616 e. The smallest absolute Gasteiger partial charge is 0.111 e. The molecule has 0 rings (SSSR count). The molecule has 0 fully saturated rings. The lowest BCUT2D eigenvalue weighted by Gasteiger charge is -2.04. The van der Waals surface area contributed by atoms with Crippen molar-refractivity contribution in [1.29, 1.82) is 0 Å². The summed E-state index contributed by atoms with van der Waals surface area (Å²) in [7, 11) is 0. The Kier molecular flexibility index (Phi) is 5.51. The van der Waals surface area contributed by atoms with Crippen molar-refractivity contribution in [2.24, 2.45) is 5.11 Å². The van der Waals surface area contributed by atoms with E-state index in [1.807, 2.05) is 6.92 Å². The Bertz CT molecular complexity index is 112. The topological polar surface area (TPSA) is 71.8 Å². The minimum absolute atomic E-state index is 0.344. The first-order chi connectivity index (χ1) is 4.31. The summed E-state index contributed by atoms with van der Waals surface area (Å²) in [6, 6.07) is 0. The second-order valence-corrected chi connectivity index (χ2v) is 3.25. The van der Waals surface area contributed by atoms with Gasteiger partial charge < -0.3 is 4.55 Å². The van der Waals surface area contributed by atoms with Crippen LogP contribution in [-0.2, 0) is 11.2 Å². The van der Waals surface area contributed by atoms with Crippen LogP contribution >= 0.6 is 0 Å². The van der Waals surface area contributed by atoms with E-state index in [-0.39, 0.29) is 0 Å². The van der Waals surface area contributed by atoms with Gasteiger partial charge in [-0.15, -0.1) is 0 Å². The van der Waals surface area contributed by atoms with E-state index in [1.54, 1.807) is 0 Å². The summed E-state index contributed by atoms with van der Waals surface area (Å²) in [4.78, 5) is 2.53. The SMILES string of the molecule is CC[S+]([O-])CCN=[N+]=[N-]. The molecule has 4 nitrogen and oxygen atoms in total. The summed E-state index contributed by atoms with van der Waals surface area (Å²) < 4.78 is 10.6. The second-order valence-electron chi connectivity index (χ2n) is 1.39. The van der Waals surface area contributed by atoms with Crippen molar-refractivity contribution in [2.75, 3.05) is 18.1 Å². The average molecular weight is 147 g/mol. The van der Waals surface area contributed by atoms with Crippen LogP contribution in [0.3, 0.4) is 0 Å². The normalized spacial score (nSPS) is 12.2. The van der Waals surface area contributed by atoms with Crippen LogP contribution in [0.15, 0.2) is 5.11 Å². The summed E-state index contributed by atoms with van der Waals surface area (Å²) in [6.45, 7) is 2.18. The van der Waals surface area contributed by atoms with E-state index in [0.717, 1.165) is 0 Å². The van der Waals surface area contributed by atoms with Gasteiger partial charge in [0.15, 0.2) is 0 Å². The van der Waals surface area contributed by atoms with Crippen molar-refractivity contribution in [3.05, 3.63) is 10.4 Å². The van der Waals surface area contributed by atoms with Crippen LogP contribution in [0.2, 0.25) is 0 Å². The van der Waals surface area contributed by atoms with Crippen molar-refractivity contribution in [2.45, 2.75) is 6.92 Å². The van der Waals surface area contributed by atoms with Gasteiger partial charge in [0.25, 0.3) is 0 Å². The molecule has 0 aromatic carbocycles. The van der Waals surface area contributed by atoms with Crippen molar-refractivity contribution >= 4 is 11.2 Å². The van der Waals surface area contributed by atoms with Crippen LogP contribution in [0, 0.1) is 0 Å². The molecule has 0 aromatic rings. The molecule has 1 atom stereocenters. The third kappa shape index (κ3) is 5.49. The van der Waals surface area contributed by atoms with Gasteiger partial charge >= 0.3 is 0 Å². The Morgan fingerprint density at radius 3 is 2.89 bits per heavy atom. The van der Waals surface area contributed by atoms with E-state index in [2.05, 4.69) is 10.0 Å². The zero-order chi connectivity index (χ0) is 7.11. The summed E-state index contributed by atoms with van der Waals surface area (Å²) in [5.41, 5.74) is 7.81. The zero-order valence-corrected chi connectivity index (χ0v) is 6.10. The van der Waals surface area contributed by atoms with Crippen LogP contribution in [0.5, 0.6) is 0 Å². The molecular formula is C4H9N3OS. The molecule has 0 saturated heterocycles. The summed E-state index contributed by atoms with van der Waals surface area (Å²) in [6.07, 6.45) is 0. The molecule has 5 heteroatoms. The maximum Gasteiger partial charge on any atom is 0.111 e. The molecule has 0 N–H and O–H groups in total. The second kappa shape index (κ2) is 5.75. The maximum atomic E-state index is 10.6. The molecular weight excluding hydrogens is 138 g/mol. The fraction of sp³-hybridized carbons (Fsp3) is 1.00. The molecule has 0 radical (unpaired) electrons. The Labute approximate surface area is 57.1 Å². The molecule has 52 valence electrons. The van der Waals surface area contributed by atoms with E-state index in [0.29, 0.717) is 18.1 Å². The molecule has 1 unspecified atom stereocenters. The minimum Gasteiger partial charge on any atom is -0.616 e. The highest BCUT2D eigenvalue weighted by Gasteiger charge is 1.97. The third-order valence-corrected chi connectivity index (χ3v) is 2.09. The van der Waals surface area contributed by atoms with E-state index >= 15 is 0 Å². The van der Waals surface area contributed by atoms with Crippen LogP contribution in [0.4, 0.5) is 0 Å². The fourth-order valence-electron chi connectivity index (χ4n) is 0.332. The number of hydrogen-bond acceptors (Lipinski definition) is 2. The maximum absolute atomic E-state index is 10.6. The zero-order valence-electron chi connectivity index (χ0n) is 5.28. The van der Waals surface area contributed by atoms with Crippen molar-refractivity contribution in [1.82, 2.24) is 0 Å². The van der Waals surface area contributed by atoms with Crippen molar-refractivity contribution in [3.63, 3.8) is 0 Å². The van der Waals surface area contributed by atoms with Gasteiger partial charge in [-0.2, -0.15) is 0 Å². The molecule has 0 amide bonds. The Hall–Kier alpha value is -0.380. The van der Waals surface area contributed by atoms with Gasteiger partial charge in [-0.1, -0.05) is 16.3 Å². The molecule has 0 bridgehead atoms. The van der Waals surface area contributed by atoms with Gasteiger partial charge in [0.05, 0.1) is 6.54 Å². The molecule has 0 aromatic heterocycles. The van der Waals surface area contributed by atoms with Crippen LogP contribution < -0.4 is 0 Å². The predicted molar refractivity (Wildman–Crippen MR) is 37.6 cm³/mol. The first kappa shape index (κ1) is 8.62. The quantitative estimate of drug-likeness (QED) is 0.253. The number of rotatable bonds is 4. The van der Waals surface area contributed by atoms with Crippen LogP contribution in [0.1, 0.15) is 6.92 Å². The Morgan fingerprint density at radius 2 is 2.44 bits per heavy atom. The summed E-state index contributed by atoms with van der Waals surface area (Å²) >= 11 is -0.793. The van der Waals surface area contributed by atoms with Crippen LogP contribution in [-0.4, -0.2) is 22.6 Å². The average Bonchev–Trinajstić information content (AvgIpc) is 1.89. The van der Waals surface area contributed by atoms with E-state index in [9.17, 15) is 4.55 Å². The Morgan fingerprint density at radius 1 is 1.78 bits per heavy atom. The van der Waals surface area contributed by atoms with Crippen molar-refractivity contribution < 1.29 is 4.55 Å². The predicted octanol–water partition coefficient (Wildman–Crippen LogP) is 1.07. The highest BCUT2D eigenvalue weighted by atomic mass is 32.2. The molecule has 9 heavy (non-hydrogen) atoms. The van der Waals surface area contributed by atoms with E-state index < -0.39 is 11.2 Å². The summed E-state index contributed by atoms with van der Waals surface area (Å²) in [5, 5.41) is 3.25. The van der Waals surface area contributed by atoms with Gasteiger partial charge in [-0.05, 0) is 12.5 Å². The van der Waals surface area contributed by atoms with Gasteiger partial charge in [-0.3, -0.25) is 0 Å². The lowest BCUT2D eigenvalue weighted by atomic mass is 10.8. The minimum atomic E-state index is -0.793. The van der Waals surface area contributed by atoms with Gasteiger partial charge in [0.2, 0.25) is 0 Å². The fourth-order valence-corrected chi connectivity index (χ4v) is 0.906. The molecule has 0 heterocycles.